The zero-order valence-electron chi connectivity index (χ0n) is 16.9. The Bertz CT molecular complexity index is 1200. The molecule has 1 fully saturated rings. The fourth-order valence-electron chi connectivity index (χ4n) is 3.70. The Morgan fingerprint density at radius 1 is 1.13 bits per heavy atom. The minimum absolute atomic E-state index is 0.0246. The molecule has 0 radical (unpaired) electrons. The number of aryl methyl sites for hydroxylation is 1. The molecule has 0 saturated carbocycles. The van der Waals surface area contributed by atoms with E-state index in [-0.39, 0.29) is 17.3 Å². The van der Waals surface area contributed by atoms with Crippen molar-refractivity contribution >= 4 is 42.9 Å². The summed E-state index contributed by atoms with van der Waals surface area (Å²) in [6.45, 7) is 1.71. The predicted octanol–water partition coefficient (Wildman–Crippen LogP) is 3.39. The van der Waals surface area contributed by atoms with Crippen molar-refractivity contribution < 1.29 is 13.2 Å². The second kappa shape index (κ2) is 8.13. The lowest BCUT2D eigenvalue weighted by Crippen LogP contribution is -2.27. The molecule has 1 aliphatic heterocycles. The topological polar surface area (TPSA) is 75.5 Å². The second-order valence-corrected chi connectivity index (χ2v) is 10.5. The van der Waals surface area contributed by atoms with Crippen LogP contribution >= 0.6 is 15.9 Å². The lowest BCUT2D eigenvalue weighted by atomic mass is 10.2. The zero-order chi connectivity index (χ0) is 21.5. The van der Waals surface area contributed by atoms with Gasteiger partial charge in [0.15, 0.2) is 0 Å². The summed E-state index contributed by atoms with van der Waals surface area (Å²) < 4.78 is 29.7. The van der Waals surface area contributed by atoms with Crippen LogP contribution in [-0.4, -0.2) is 53.2 Å². The van der Waals surface area contributed by atoms with Gasteiger partial charge in [-0.25, -0.2) is 13.4 Å². The number of sulfonamides is 1. The van der Waals surface area contributed by atoms with Crippen LogP contribution in [0.5, 0.6) is 0 Å². The SMILES string of the molecule is CN(Cc1nc2cc(C(=O)N3CCCC3)ccc2n1C)S(=O)(=O)c1ccc(Br)cc1. The van der Waals surface area contributed by atoms with Crippen molar-refractivity contribution in [1.82, 2.24) is 18.8 Å². The second-order valence-electron chi connectivity index (χ2n) is 7.50. The van der Waals surface area contributed by atoms with Gasteiger partial charge in [-0.1, -0.05) is 15.9 Å². The van der Waals surface area contributed by atoms with Crippen LogP contribution in [0.2, 0.25) is 0 Å². The molecule has 2 heterocycles. The summed E-state index contributed by atoms with van der Waals surface area (Å²) in [6.07, 6.45) is 2.09. The first kappa shape index (κ1) is 21.0. The van der Waals surface area contributed by atoms with Crippen molar-refractivity contribution in [2.75, 3.05) is 20.1 Å². The van der Waals surface area contributed by atoms with E-state index in [1.165, 1.54) is 4.31 Å². The van der Waals surface area contributed by atoms with E-state index < -0.39 is 10.0 Å². The van der Waals surface area contributed by atoms with E-state index in [4.69, 9.17) is 0 Å². The Kier molecular flexibility index (Phi) is 5.69. The maximum absolute atomic E-state index is 12.9. The highest BCUT2D eigenvalue weighted by Gasteiger charge is 2.24. The van der Waals surface area contributed by atoms with Crippen molar-refractivity contribution in [3.8, 4) is 0 Å². The molecule has 2 aromatic carbocycles. The van der Waals surface area contributed by atoms with E-state index >= 15 is 0 Å². The van der Waals surface area contributed by atoms with Crippen LogP contribution in [0.3, 0.4) is 0 Å². The van der Waals surface area contributed by atoms with Gasteiger partial charge in [0, 0.05) is 37.2 Å². The molecule has 0 aliphatic carbocycles. The predicted molar refractivity (Wildman–Crippen MR) is 119 cm³/mol. The Hall–Kier alpha value is -2.23. The highest BCUT2D eigenvalue weighted by atomic mass is 79.9. The van der Waals surface area contributed by atoms with Crippen LogP contribution in [0, 0.1) is 0 Å². The quantitative estimate of drug-likeness (QED) is 0.549. The normalized spacial score (nSPS) is 14.7. The number of amides is 1. The summed E-state index contributed by atoms with van der Waals surface area (Å²) in [5, 5.41) is 0. The van der Waals surface area contributed by atoms with Crippen molar-refractivity contribution in [2.24, 2.45) is 7.05 Å². The number of halogens is 1. The number of rotatable bonds is 5. The average molecular weight is 491 g/mol. The Morgan fingerprint density at radius 2 is 1.80 bits per heavy atom. The highest BCUT2D eigenvalue weighted by Crippen LogP contribution is 2.23. The van der Waals surface area contributed by atoms with E-state index in [1.807, 2.05) is 28.6 Å². The van der Waals surface area contributed by atoms with Crippen molar-refractivity contribution in [3.63, 3.8) is 0 Å². The first-order valence-electron chi connectivity index (χ1n) is 9.74. The number of carbonyl (C=O) groups excluding carboxylic acids is 1. The van der Waals surface area contributed by atoms with E-state index in [9.17, 15) is 13.2 Å². The summed E-state index contributed by atoms with van der Waals surface area (Å²) in [7, 11) is -0.248. The van der Waals surface area contributed by atoms with Gasteiger partial charge in [-0.05, 0) is 55.3 Å². The fourth-order valence-corrected chi connectivity index (χ4v) is 5.09. The Balaban J connectivity index is 1.60. The minimum atomic E-state index is -3.64. The van der Waals surface area contributed by atoms with Crippen molar-refractivity contribution in [2.45, 2.75) is 24.3 Å². The molecule has 7 nitrogen and oxygen atoms in total. The summed E-state index contributed by atoms with van der Waals surface area (Å²) in [5.74, 6) is 0.635. The smallest absolute Gasteiger partial charge is 0.253 e. The number of benzene rings is 2. The van der Waals surface area contributed by atoms with Crippen LogP contribution in [-0.2, 0) is 23.6 Å². The number of imidazole rings is 1. The molecule has 0 atom stereocenters. The van der Waals surface area contributed by atoms with E-state index in [0.717, 1.165) is 35.9 Å². The van der Waals surface area contributed by atoms with Gasteiger partial charge in [0.2, 0.25) is 10.0 Å². The highest BCUT2D eigenvalue weighted by molar-refractivity contribution is 9.10. The first-order chi connectivity index (χ1) is 14.3. The number of nitrogens with zero attached hydrogens (tertiary/aromatic N) is 4. The summed E-state index contributed by atoms with van der Waals surface area (Å²) in [6, 6.07) is 12.0. The molecular weight excluding hydrogens is 468 g/mol. The molecule has 1 aromatic heterocycles. The third-order valence-electron chi connectivity index (χ3n) is 5.50. The van der Waals surface area contributed by atoms with Gasteiger partial charge in [-0.3, -0.25) is 4.79 Å². The molecule has 3 aromatic rings. The van der Waals surface area contributed by atoms with Gasteiger partial charge >= 0.3 is 0 Å². The van der Waals surface area contributed by atoms with Crippen molar-refractivity contribution in [3.05, 3.63) is 58.3 Å². The van der Waals surface area contributed by atoms with Gasteiger partial charge in [0.05, 0.1) is 22.5 Å². The van der Waals surface area contributed by atoms with E-state index in [0.29, 0.717) is 16.9 Å². The molecule has 0 N–H and O–H groups in total. The molecule has 158 valence electrons. The van der Waals surface area contributed by atoms with Crippen LogP contribution in [0.4, 0.5) is 0 Å². The van der Waals surface area contributed by atoms with Crippen LogP contribution in [0.1, 0.15) is 29.0 Å². The van der Waals surface area contributed by atoms with Crippen LogP contribution in [0.25, 0.3) is 11.0 Å². The molecule has 0 unspecified atom stereocenters. The molecule has 0 spiro atoms. The number of hydrogen-bond acceptors (Lipinski definition) is 4. The van der Waals surface area contributed by atoms with Gasteiger partial charge < -0.3 is 9.47 Å². The van der Waals surface area contributed by atoms with Gasteiger partial charge in [-0.15, -0.1) is 0 Å². The molecule has 1 amide bonds. The van der Waals surface area contributed by atoms with Crippen LogP contribution in [0.15, 0.2) is 51.8 Å². The third kappa shape index (κ3) is 3.89. The lowest BCUT2D eigenvalue weighted by Gasteiger charge is -2.17. The molecule has 1 saturated heterocycles. The first-order valence-corrected chi connectivity index (χ1v) is 12.0. The average Bonchev–Trinajstić information content (AvgIpc) is 3.36. The number of aromatic nitrogens is 2. The van der Waals surface area contributed by atoms with Crippen LogP contribution < -0.4 is 0 Å². The van der Waals surface area contributed by atoms with Crippen molar-refractivity contribution in [1.29, 1.82) is 0 Å². The number of hydrogen-bond donors (Lipinski definition) is 0. The lowest BCUT2D eigenvalue weighted by molar-refractivity contribution is 0.0793. The molecule has 0 bridgehead atoms. The number of likely N-dealkylation sites (tertiary alicyclic amines) is 1. The summed E-state index contributed by atoms with van der Waals surface area (Å²) >= 11 is 3.32. The molecular formula is C21H23BrN4O3S. The maximum atomic E-state index is 12.9. The largest absolute Gasteiger partial charge is 0.339 e. The Morgan fingerprint density at radius 3 is 2.47 bits per heavy atom. The molecule has 4 rings (SSSR count). The van der Waals surface area contributed by atoms with E-state index in [1.54, 1.807) is 37.4 Å². The number of fused-ring (bicyclic) bond motifs is 1. The fraction of sp³-hybridized carbons (Fsp3) is 0.333. The van der Waals surface area contributed by atoms with Gasteiger partial charge in [-0.2, -0.15) is 4.31 Å². The third-order valence-corrected chi connectivity index (χ3v) is 7.85. The Labute approximate surface area is 184 Å². The van der Waals surface area contributed by atoms with Gasteiger partial charge in [0.25, 0.3) is 5.91 Å². The molecule has 9 heteroatoms. The maximum Gasteiger partial charge on any atom is 0.253 e. The minimum Gasteiger partial charge on any atom is -0.339 e. The summed E-state index contributed by atoms with van der Waals surface area (Å²) in [5.41, 5.74) is 2.16. The van der Waals surface area contributed by atoms with E-state index in [2.05, 4.69) is 20.9 Å². The van der Waals surface area contributed by atoms with Gasteiger partial charge in [0.1, 0.15) is 5.82 Å². The number of carbonyl (C=O) groups is 1. The molecule has 1 aliphatic rings. The molecule has 30 heavy (non-hydrogen) atoms. The monoisotopic (exact) mass is 490 g/mol. The standard InChI is InChI=1S/C21H23BrN4O3S/c1-24(30(28,29)17-8-6-16(22)7-9-17)14-20-23-18-13-15(5-10-19(18)25(20)2)21(27)26-11-3-4-12-26/h5-10,13H,3-4,11-12,14H2,1-2H3. The zero-order valence-corrected chi connectivity index (χ0v) is 19.3. The summed E-state index contributed by atoms with van der Waals surface area (Å²) in [4.78, 5) is 19.4.